The van der Waals surface area contributed by atoms with Crippen molar-refractivity contribution >= 4 is 23.8 Å². The van der Waals surface area contributed by atoms with E-state index in [-0.39, 0.29) is 30.6 Å². The van der Waals surface area contributed by atoms with E-state index in [1.165, 1.54) is 61.2 Å². The Morgan fingerprint density at radius 2 is 1.41 bits per heavy atom. The van der Waals surface area contributed by atoms with Crippen LogP contribution in [-0.2, 0) is 24.3 Å². The number of halogens is 2. The molecule has 9 rings (SSSR count). The Balaban J connectivity index is 0.000000196. The molecule has 1 saturated carbocycles. The summed E-state index contributed by atoms with van der Waals surface area (Å²) in [5, 5.41) is 12.9. The number of hydrogen-bond donors (Lipinski definition) is 2. The molecule has 3 aromatic rings. The number of carbonyl (C=O) groups excluding carboxylic acids is 3. The van der Waals surface area contributed by atoms with Gasteiger partial charge in [-0.2, -0.15) is 0 Å². The monoisotopic (exact) mass is 878 g/mol. The number of aldehydes is 1. The van der Waals surface area contributed by atoms with Crippen LogP contribution < -0.4 is 10.2 Å². The minimum Gasteiger partial charge on any atom is -0.508 e. The third kappa shape index (κ3) is 10.4. The first-order valence-electron chi connectivity index (χ1n) is 23.6. The van der Waals surface area contributed by atoms with Crippen LogP contribution in [0.4, 0.5) is 14.5 Å². The van der Waals surface area contributed by atoms with Gasteiger partial charge in [-0.3, -0.25) is 19.4 Å². The lowest BCUT2D eigenvalue weighted by atomic mass is 9.64. The van der Waals surface area contributed by atoms with Crippen molar-refractivity contribution in [2.75, 3.05) is 58.8 Å². The molecule has 0 bridgehead atoms. The van der Waals surface area contributed by atoms with E-state index < -0.39 is 12.0 Å². The van der Waals surface area contributed by atoms with E-state index in [0.717, 1.165) is 61.6 Å². The molecule has 6 aliphatic rings. The second-order valence-corrected chi connectivity index (χ2v) is 19.3. The molecule has 3 atom stereocenters. The predicted molar refractivity (Wildman–Crippen MR) is 251 cm³/mol. The molecular weight excluding hydrogens is 809 g/mol. The number of aromatic hydroxyl groups is 1. The van der Waals surface area contributed by atoms with Crippen LogP contribution in [0.3, 0.4) is 0 Å². The van der Waals surface area contributed by atoms with Gasteiger partial charge in [-0.05, 0) is 180 Å². The number of phenolic OH excluding ortho intramolecular Hbond substituents is 1. The first-order chi connectivity index (χ1) is 30.8. The average molecular weight is 878 g/mol. The molecule has 1 spiro atoms. The number of allylic oxidation sites excluding steroid dienone is 1. The van der Waals surface area contributed by atoms with Gasteiger partial charge in [-0.1, -0.05) is 30.4 Å². The fraction of sp³-hybridized carbons (Fsp3) is 0.528. The Hall–Kier alpha value is -4.71. The van der Waals surface area contributed by atoms with Crippen LogP contribution in [-0.4, -0.2) is 104 Å². The Labute approximate surface area is 379 Å². The Kier molecular flexibility index (Phi) is 15.2. The lowest BCUT2D eigenvalue weighted by Gasteiger charge is -2.47. The normalized spacial score (nSPS) is 23.2. The highest BCUT2D eigenvalue weighted by Gasteiger charge is 2.43. The maximum absolute atomic E-state index is 14.0. The number of imide groups is 1. The molecular formula is C53H69F2N5O4. The molecule has 9 nitrogen and oxygen atoms in total. The number of piperidine rings is 2. The van der Waals surface area contributed by atoms with Crippen LogP contribution in [0.15, 0.2) is 79.9 Å². The van der Waals surface area contributed by atoms with Crippen LogP contribution in [0.1, 0.15) is 125 Å². The van der Waals surface area contributed by atoms with Crippen molar-refractivity contribution in [3.8, 4) is 5.75 Å². The van der Waals surface area contributed by atoms with Gasteiger partial charge < -0.3 is 25.0 Å². The third-order valence-electron chi connectivity index (χ3n) is 15.1. The van der Waals surface area contributed by atoms with E-state index in [1.807, 2.05) is 38.4 Å². The molecule has 3 aromatic carbocycles. The molecule has 2 amide bonds. The number of hydrogen-bond acceptors (Lipinski definition) is 8. The number of fused-ring (bicyclic) bond motifs is 3. The number of alkyl halides is 2. The molecule has 11 heteroatoms. The highest BCUT2D eigenvalue weighted by Crippen LogP contribution is 2.51. The van der Waals surface area contributed by atoms with Gasteiger partial charge in [0, 0.05) is 57.2 Å². The number of anilines is 1. The van der Waals surface area contributed by atoms with Gasteiger partial charge in [0.15, 0.2) is 0 Å². The highest BCUT2D eigenvalue weighted by molar-refractivity contribution is 6.22. The predicted octanol–water partition coefficient (Wildman–Crippen LogP) is 9.38. The van der Waals surface area contributed by atoms with Crippen LogP contribution in [0, 0.1) is 17.3 Å². The van der Waals surface area contributed by atoms with Crippen LogP contribution >= 0.6 is 0 Å². The largest absolute Gasteiger partial charge is 0.508 e. The zero-order valence-electron chi connectivity index (χ0n) is 38.3. The van der Waals surface area contributed by atoms with Crippen LogP contribution in [0.25, 0.3) is 0 Å². The zero-order chi connectivity index (χ0) is 45.6. The van der Waals surface area contributed by atoms with E-state index in [0.29, 0.717) is 66.1 Å². The lowest BCUT2D eigenvalue weighted by Crippen LogP contribution is -2.46. The van der Waals surface area contributed by atoms with Crippen molar-refractivity contribution in [2.24, 2.45) is 17.3 Å². The molecule has 4 heterocycles. The maximum atomic E-state index is 14.0. The smallest absolute Gasteiger partial charge is 0.262 e. The number of aryl methyl sites for hydroxylation is 1. The number of phenols is 1. The van der Waals surface area contributed by atoms with E-state index in [9.17, 15) is 28.3 Å². The number of nitrogens with one attached hydrogen (secondary N) is 1. The van der Waals surface area contributed by atoms with Crippen molar-refractivity contribution in [1.29, 1.82) is 0 Å². The van der Waals surface area contributed by atoms with Crippen molar-refractivity contribution < 1.29 is 28.3 Å². The molecule has 2 aliphatic carbocycles. The SMILES string of the molecule is C=CCCC(C=O)N1C(=O)c2cc3c(cc2C1=O)CN(CC=C)C3.CN1CCC2(CC1)CCN(c1ccc([C@@H]3c4ccc(O)cc4CCC3C3CCC(F)(F)CC3)cc1)CC2.CNC. The summed E-state index contributed by atoms with van der Waals surface area (Å²) in [6.07, 6.45) is 13.6. The van der Waals surface area contributed by atoms with E-state index in [2.05, 4.69) is 70.6 Å². The molecule has 3 fully saturated rings. The summed E-state index contributed by atoms with van der Waals surface area (Å²) >= 11 is 0. The topological polar surface area (TPSA) is 96.4 Å². The standard InChI is InChI=1S/C32H42F2N2O.C19H20N2O3.C2H7N/c1-35-18-14-31(15-19-35)16-20-36(21-17-31)26-5-2-24(3-6-26)30-28(23-10-12-32(33,34)13-11-23)8-4-25-22-27(37)7-9-29(25)30;1-3-5-6-15(12-22)21-18(23)16-8-13-10-20(7-4-2)11-14(13)9-17(16)19(21)24;1-3-2/h2-3,5-7,9,22-23,28,30,37H,4,8,10-21H2,1H3;3-4,8-9,12,15H,1-2,5-7,10-11H2;3H,1-2H3/t28?,30-;;/m0../s1. The van der Waals surface area contributed by atoms with Gasteiger partial charge in [0.2, 0.25) is 5.92 Å². The zero-order valence-corrected chi connectivity index (χ0v) is 38.3. The quantitative estimate of drug-likeness (QED) is 0.118. The van der Waals surface area contributed by atoms with E-state index in [4.69, 9.17) is 0 Å². The molecule has 2 N–H and O–H groups in total. The second kappa shape index (κ2) is 20.6. The Morgan fingerprint density at radius 1 is 0.812 bits per heavy atom. The highest BCUT2D eigenvalue weighted by atomic mass is 19.3. The number of carbonyl (C=O) groups is 3. The number of benzene rings is 3. The van der Waals surface area contributed by atoms with Gasteiger partial charge in [0.05, 0.1) is 17.2 Å². The Morgan fingerprint density at radius 3 is 1.97 bits per heavy atom. The summed E-state index contributed by atoms with van der Waals surface area (Å²) in [6, 6.07) is 17.9. The third-order valence-corrected chi connectivity index (χ3v) is 15.1. The fourth-order valence-electron chi connectivity index (χ4n) is 11.4. The summed E-state index contributed by atoms with van der Waals surface area (Å²) in [5.41, 5.74) is 8.58. The summed E-state index contributed by atoms with van der Waals surface area (Å²) in [7, 11) is 5.99. The summed E-state index contributed by atoms with van der Waals surface area (Å²) < 4.78 is 27.9. The molecule has 4 aliphatic heterocycles. The van der Waals surface area contributed by atoms with Crippen molar-refractivity contribution in [3.63, 3.8) is 0 Å². The molecule has 2 unspecified atom stereocenters. The first kappa shape index (κ1) is 47.3. The van der Waals surface area contributed by atoms with Gasteiger partial charge >= 0.3 is 0 Å². The number of rotatable bonds is 10. The van der Waals surface area contributed by atoms with Gasteiger partial charge in [0.25, 0.3) is 11.8 Å². The van der Waals surface area contributed by atoms with Crippen molar-refractivity contribution in [3.05, 3.63) is 119 Å². The molecule has 344 valence electrons. The molecule has 64 heavy (non-hydrogen) atoms. The summed E-state index contributed by atoms with van der Waals surface area (Å²) in [4.78, 5) is 45.0. The minimum atomic E-state index is -2.49. The van der Waals surface area contributed by atoms with Gasteiger partial charge in [-0.25, -0.2) is 8.78 Å². The van der Waals surface area contributed by atoms with Crippen molar-refractivity contribution in [2.45, 2.75) is 108 Å². The second-order valence-electron chi connectivity index (χ2n) is 19.3. The number of nitrogens with zero attached hydrogens (tertiary/aromatic N) is 4. The number of amides is 2. The first-order valence-corrected chi connectivity index (χ1v) is 23.6. The van der Waals surface area contributed by atoms with Crippen molar-refractivity contribution in [1.82, 2.24) is 20.0 Å². The van der Waals surface area contributed by atoms with E-state index >= 15 is 0 Å². The van der Waals surface area contributed by atoms with Crippen LogP contribution in [0.5, 0.6) is 5.75 Å². The van der Waals surface area contributed by atoms with Gasteiger partial charge in [-0.15, -0.1) is 13.2 Å². The summed E-state index contributed by atoms with van der Waals surface area (Å²) in [5.74, 6) is -2.01. The maximum Gasteiger partial charge on any atom is 0.262 e. The number of likely N-dealkylation sites (tertiary alicyclic amines) is 1. The lowest BCUT2D eigenvalue weighted by molar-refractivity contribution is -0.111. The van der Waals surface area contributed by atoms with Crippen LogP contribution in [0.2, 0.25) is 0 Å². The van der Waals surface area contributed by atoms with Gasteiger partial charge in [0.1, 0.15) is 12.0 Å². The average Bonchev–Trinajstić information content (AvgIpc) is 3.80. The Bertz CT molecular complexity index is 2090. The minimum absolute atomic E-state index is 0.0228. The van der Waals surface area contributed by atoms with E-state index in [1.54, 1.807) is 12.1 Å². The molecule has 0 aromatic heterocycles. The molecule has 2 saturated heterocycles. The molecule has 0 radical (unpaired) electrons. The summed E-state index contributed by atoms with van der Waals surface area (Å²) in [6.45, 7) is 14.3. The fourth-order valence-corrected chi connectivity index (χ4v) is 11.4.